The van der Waals surface area contributed by atoms with Crippen LogP contribution in [-0.4, -0.2) is 47.2 Å². The van der Waals surface area contributed by atoms with Crippen LogP contribution in [0.1, 0.15) is 6.92 Å². The van der Waals surface area contributed by atoms with Gasteiger partial charge in [-0.3, -0.25) is 4.79 Å². The van der Waals surface area contributed by atoms with Gasteiger partial charge < -0.3 is 19.1 Å². The molecule has 2 unspecified atom stereocenters. The summed E-state index contributed by atoms with van der Waals surface area (Å²) in [5.74, 6) is 1.79. The van der Waals surface area contributed by atoms with Gasteiger partial charge in [-0.15, -0.1) is 0 Å². The fourth-order valence-electron chi connectivity index (χ4n) is 2.85. The highest BCUT2D eigenvalue weighted by Gasteiger charge is 2.42. The maximum atomic E-state index is 12.6. The van der Waals surface area contributed by atoms with Crippen molar-refractivity contribution in [2.24, 2.45) is 0 Å². The molecule has 0 bridgehead atoms. The van der Waals surface area contributed by atoms with Gasteiger partial charge in [0.2, 0.25) is 12.0 Å². The first-order valence-corrected chi connectivity index (χ1v) is 7.99. The highest BCUT2D eigenvalue weighted by atomic mass is 16.6. The molecule has 2 atom stereocenters. The highest BCUT2D eigenvalue weighted by molar-refractivity contribution is 5.83. The molecule has 4 rings (SSSR count). The summed E-state index contributed by atoms with van der Waals surface area (Å²) in [4.78, 5) is 18.5. The van der Waals surface area contributed by atoms with Gasteiger partial charge in [0.15, 0.2) is 11.5 Å². The van der Waals surface area contributed by atoms with Gasteiger partial charge in [-0.05, 0) is 25.1 Å². The normalized spacial score (nSPS) is 22.6. The third-order valence-corrected chi connectivity index (χ3v) is 4.17. The highest BCUT2D eigenvalue weighted by Crippen LogP contribution is 2.34. The molecule has 3 heterocycles. The van der Waals surface area contributed by atoms with Crippen molar-refractivity contribution in [2.45, 2.75) is 25.2 Å². The maximum Gasteiger partial charge on any atom is 0.267 e. The topological polar surface area (TPSA) is 60.9 Å². The molecule has 1 aromatic carbocycles. The monoisotopic (exact) mass is 326 g/mol. The number of amides is 1. The Morgan fingerprint density at radius 3 is 2.54 bits per heavy atom. The number of para-hydroxylation sites is 2. The van der Waals surface area contributed by atoms with Crippen molar-refractivity contribution in [2.75, 3.05) is 13.1 Å². The van der Waals surface area contributed by atoms with E-state index in [1.54, 1.807) is 11.1 Å². The molecule has 0 N–H and O–H groups in total. The molecule has 1 amide bonds. The number of fused-ring (bicyclic) bond motifs is 1. The Kier molecular flexibility index (Phi) is 3.72. The van der Waals surface area contributed by atoms with Crippen LogP contribution in [0.5, 0.6) is 17.4 Å². The third-order valence-electron chi connectivity index (χ3n) is 4.17. The summed E-state index contributed by atoms with van der Waals surface area (Å²) in [6.07, 6.45) is 0.693. The quantitative estimate of drug-likeness (QED) is 0.862. The van der Waals surface area contributed by atoms with Crippen molar-refractivity contribution < 1.29 is 19.0 Å². The summed E-state index contributed by atoms with van der Waals surface area (Å²) in [6.45, 7) is 2.91. The summed E-state index contributed by atoms with van der Waals surface area (Å²) >= 11 is 0. The molecule has 1 saturated heterocycles. The van der Waals surface area contributed by atoms with Crippen LogP contribution in [0.25, 0.3) is 0 Å². The summed E-state index contributed by atoms with van der Waals surface area (Å²) in [5, 5.41) is 0. The fraction of sp³-hybridized carbons (Fsp3) is 0.333. The lowest BCUT2D eigenvalue weighted by atomic mass is 10.1. The van der Waals surface area contributed by atoms with Crippen LogP contribution in [0.2, 0.25) is 0 Å². The van der Waals surface area contributed by atoms with Crippen LogP contribution in [-0.2, 0) is 4.79 Å². The van der Waals surface area contributed by atoms with Gasteiger partial charge in [-0.25, -0.2) is 4.98 Å². The number of carbonyl (C=O) groups excluding carboxylic acids is 1. The molecule has 6 nitrogen and oxygen atoms in total. The van der Waals surface area contributed by atoms with Gasteiger partial charge in [-0.1, -0.05) is 18.2 Å². The number of likely N-dealkylation sites (tertiary alicyclic amines) is 1. The van der Waals surface area contributed by atoms with E-state index in [1.807, 2.05) is 49.4 Å². The zero-order valence-corrected chi connectivity index (χ0v) is 13.3. The van der Waals surface area contributed by atoms with E-state index in [0.717, 1.165) is 0 Å². The van der Waals surface area contributed by atoms with Gasteiger partial charge in [0.25, 0.3) is 5.91 Å². The molecule has 1 aromatic heterocycles. The van der Waals surface area contributed by atoms with Crippen molar-refractivity contribution >= 4 is 5.91 Å². The Morgan fingerprint density at radius 2 is 1.83 bits per heavy atom. The summed E-state index contributed by atoms with van der Waals surface area (Å²) in [6, 6.07) is 12.9. The molecule has 124 valence electrons. The van der Waals surface area contributed by atoms with Crippen LogP contribution >= 0.6 is 0 Å². The molecule has 2 aliphatic rings. The second kappa shape index (κ2) is 6.03. The van der Waals surface area contributed by atoms with Crippen LogP contribution in [0, 0.1) is 0 Å². The largest absolute Gasteiger partial charge is 0.482 e. The summed E-state index contributed by atoms with van der Waals surface area (Å²) in [5.41, 5.74) is 0. The zero-order chi connectivity index (χ0) is 16.5. The minimum atomic E-state index is -0.629. The maximum absolute atomic E-state index is 12.6. The second-order valence-electron chi connectivity index (χ2n) is 5.96. The summed E-state index contributed by atoms with van der Waals surface area (Å²) in [7, 11) is 0. The molecule has 24 heavy (non-hydrogen) atoms. The average molecular weight is 326 g/mol. The van der Waals surface area contributed by atoms with Crippen molar-refractivity contribution in [3.8, 4) is 17.4 Å². The van der Waals surface area contributed by atoms with E-state index in [4.69, 9.17) is 14.2 Å². The number of rotatable bonds is 3. The van der Waals surface area contributed by atoms with E-state index in [2.05, 4.69) is 4.98 Å². The van der Waals surface area contributed by atoms with Crippen LogP contribution in [0.3, 0.4) is 0 Å². The minimum Gasteiger partial charge on any atom is -0.482 e. The van der Waals surface area contributed by atoms with E-state index in [9.17, 15) is 4.79 Å². The van der Waals surface area contributed by atoms with Gasteiger partial charge in [0.1, 0.15) is 12.2 Å². The Hall–Kier alpha value is -2.76. The Bertz CT molecular complexity index is 731. The first-order valence-electron chi connectivity index (χ1n) is 7.99. The Labute approximate surface area is 140 Å². The van der Waals surface area contributed by atoms with Crippen LogP contribution < -0.4 is 14.2 Å². The zero-order valence-electron chi connectivity index (χ0n) is 13.3. The molecular formula is C18H18N2O4. The number of benzene rings is 1. The number of nitrogens with zero attached hydrogens (tertiary/aromatic N) is 2. The van der Waals surface area contributed by atoms with Crippen LogP contribution in [0.4, 0.5) is 0 Å². The van der Waals surface area contributed by atoms with E-state index >= 15 is 0 Å². The number of ether oxygens (including phenoxy) is 3. The Balaban J connectivity index is 1.36. The second-order valence-corrected chi connectivity index (χ2v) is 5.96. The lowest BCUT2D eigenvalue weighted by molar-refractivity contribution is -0.153. The molecule has 2 aromatic rings. The smallest absolute Gasteiger partial charge is 0.267 e. The minimum absolute atomic E-state index is 0.0315. The lowest BCUT2D eigenvalue weighted by Crippen LogP contribution is -2.61. The third kappa shape index (κ3) is 2.75. The number of pyridine rings is 1. The molecule has 6 heteroatoms. The van der Waals surface area contributed by atoms with Gasteiger partial charge in [0, 0.05) is 12.3 Å². The molecule has 0 radical (unpaired) electrons. The standard InChI is InChI=1S/C18H18N2O4/c1-12-17(24-15-7-3-2-6-14(15)22-12)18(21)20-10-13(11-20)23-16-8-4-5-9-19-16/h2-9,12-13,17H,10-11H2,1H3. The summed E-state index contributed by atoms with van der Waals surface area (Å²) < 4.78 is 17.4. The van der Waals surface area contributed by atoms with E-state index in [1.165, 1.54) is 0 Å². The van der Waals surface area contributed by atoms with E-state index < -0.39 is 6.10 Å². The van der Waals surface area contributed by atoms with E-state index in [0.29, 0.717) is 30.5 Å². The molecule has 0 spiro atoms. The van der Waals surface area contributed by atoms with Crippen molar-refractivity contribution in [3.05, 3.63) is 48.7 Å². The first kappa shape index (κ1) is 14.8. The SMILES string of the molecule is CC1Oc2ccccc2OC1C(=O)N1CC(Oc2ccccn2)C1. The number of hydrogen-bond acceptors (Lipinski definition) is 5. The number of hydrogen-bond donors (Lipinski definition) is 0. The average Bonchev–Trinajstić information content (AvgIpc) is 2.57. The molecule has 0 aliphatic carbocycles. The van der Waals surface area contributed by atoms with Gasteiger partial charge in [0.05, 0.1) is 13.1 Å². The van der Waals surface area contributed by atoms with E-state index in [-0.39, 0.29) is 18.1 Å². The first-order chi connectivity index (χ1) is 11.7. The Morgan fingerprint density at radius 1 is 1.12 bits per heavy atom. The lowest BCUT2D eigenvalue weighted by Gasteiger charge is -2.42. The fourth-order valence-corrected chi connectivity index (χ4v) is 2.85. The molecule has 2 aliphatic heterocycles. The van der Waals surface area contributed by atoms with Crippen LogP contribution in [0.15, 0.2) is 48.7 Å². The number of carbonyl (C=O) groups is 1. The predicted octanol–water partition coefficient (Wildman–Crippen LogP) is 1.90. The molecule has 0 saturated carbocycles. The van der Waals surface area contributed by atoms with Crippen molar-refractivity contribution in [3.63, 3.8) is 0 Å². The van der Waals surface area contributed by atoms with Crippen molar-refractivity contribution in [1.82, 2.24) is 9.88 Å². The number of aromatic nitrogens is 1. The van der Waals surface area contributed by atoms with Gasteiger partial charge in [-0.2, -0.15) is 0 Å². The molecule has 1 fully saturated rings. The predicted molar refractivity (Wildman–Crippen MR) is 86.2 cm³/mol. The van der Waals surface area contributed by atoms with Gasteiger partial charge >= 0.3 is 0 Å². The molecular weight excluding hydrogens is 308 g/mol. The van der Waals surface area contributed by atoms with Crippen molar-refractivity contribution in [1.29, 1.82) is 0 Å².